The highest BCUT2D eigenvalue weighted by Gasteiger charge is 2.09. The van der Waals surface area contributed by atoms with Gasteiger partial charge >= 0.3 is 5.97 Å². The summed E-state index contributed by atoms with van der Waals surface area (Å²) < 4.78 is 6.41. The van der Waals surface area contributed by atoms with Crippen molar-refractivity contribution in [2.45, 2.75) is 6.61 Å². The van der Waals surface area contributed by atoms with E-state index in [0.717, 1.165) is 5.56 Å². The summed E-state index contributed by atoms with van der Waals surface area (Å²) >= 11 is 3.44. The van der Waals surface area contributed by atoms with Crippen molar-refractivity contribution >= 4 is 39.2 Å². The SMILES string of the molecule is N#CC(=Cc1ccc(OCc2cccc([N+](=O)[O-])c2)c(Br)c1)c1ccc(C(=O)O)cc1. The van der Waals surface area contributed by atoms with Crippen molar-refractivity contribution in [1.82, 2.24) is 0 Å². The number of rotatable bonds is 7. The third-order valence-electron chi connectivity index (χ3n) is 4.35. The minimum absolute atomic E-state index is 0.000992. The number of halogens is 1. The number of allylic oxidation sites excluding steroid dienone is 1. The molecule has 31 heavy (non-hydrogen) atoms. The molecule has 0 unspecified atom stereocenters. The Balaban J connectivity index is 1.76. The van der Waals surface area contributed by atoms with Crippen LogP contribution in [0.5, 0.6) is 5.75 Å². The predicted molar refractivity (Wildman–Crippen MR) is 118 cm³/mol. The van der Waals surface area contributed by atoms with Gasteiger partial charge in [-0.15, -0.1) is 0 Å². The fraction of sp³-hybridized carbons (Fsp3) is 0.0435. The van der Waals surface area contributed by atoms with Gasteiger partial charge in [0.25, 0.3) is 5.69 Å². The number of nitrogens with zero attached hydrogens (tertiary/aromatic N) is 2. The molecule has 0 atom stereocenters. The highest BCUT2D eigenvalue weighted by Crippen LogP contribution is 2.29. The first-order chi connectivity index (χ1) is 14.9. The summed E-state index contributed by atoms with van der Waals surface area (Å²) in [5.41, 5.74) is 2.55. The first-order valence-corrected chi connectivity index (χ1v) is 9.78. The smallest absolute Gasteiger partial charge is 0.335 e. The number of carboxylic acid groups (broad SMARTS) is 1. The van der Waals surface area contributed by atoms with Gasteiger partial charge in [-0.1, -0.05) is 30.3 Å². The molecule has 0 aliphatic rings. The van der Waals surface area contributed by atoms with Gasteiger partial charge in [-0.25, -0.2) is 4.79 Å². The van der Waals surface area contributed by atoms with Crippen molar-refractivity contribution in [3.05, 3.63) is 104 Å². The fourth-order valence-corrected chi connectivity index (χ4v) is 3.29. The van der Waals surface area contributed by atoms with Gasteiger partial charge in [0, 0.05) is 12.1 Å². The lowest BCUT2D eigenvalue weighted by Gasteiger charge is -2.09. The van der Waals surface area contributed by atoms with E-state index in [9.17, 15) is 20.2 Å². The predicted octanol–water partition coefficient (Wildman–Crippen LogP) is 5.70. The van der Waals surface area contributed by atoms with Crippen LogP contribution in [0.1, 0.15) is 27.0 Å². The monoisotopic (exact) mass is 478 g/mol. The van der Waals surface area contributed by atoms with Gasteiger partial charge in [0.15, 0.2) is 0 Å². The molecule has 0 aromatic heterocycles. The Morgan fingerprint density at radius 1 is 1.13 bits per heavy atom. The van der Waals surface area contributed by atoms with E-state index in [0.29, 0.717) is 26.9 Å². The van der Waals surface area contributed by atoms with Crippen LogP contribution in [-0.2, 0) is 6.61 Å². The summed E-state index contributed by atoms with van der Waals surface area (Å²) in [6, 6.07) is 19.7. The zero-order valence-corrected chi connectivity index (χ0v) is 17.6. The first kappa shape index (κ1) is 21.7. The summed E-state index contributed by atoms with van der Waals surface area (Å²) in [5, 5.41) is 29.4. The summed E-state index contributed by atoms with van der Waals surface area (Å²) in [6.45, 7) is 0.162. The van der Waals surface area contributed by atoms with Crippen LogP contribution in [0.2, 0.25) is 0 Å². The molecule has 0 spiro atoms. The number of non-ortho nitro benzene ring substituents is 1. The quantitative estimate of drug-likeness (QED) is 0.201. The van der Waals surface area contributed by atoms with Gasteiger partial charge in [0.2, 0.25) is 0 Å². The molecule has 0 heterocycles. The highest BCUT2D eigenvalue weighted by atomic mass is 79.9. The number of ether oxygens (including phenoxy) is 1. The number of nitriles is 1. The van der Waals surface area contributed by atoms with Gasteiger partial charge in [-0.2, -0.15) is 5.26 Å². The van der Waals surface area contributed by atoms with E-state index in [1.165, 1.54) is 24.3 Å². The molecule has 3 aromatic carbocycles. The van der Waals surface area contributed by atoms with Gasteiger partial charge in [0.05, 0.1) is 26.6 Å². The van der Waals surface area contributed by atoms with E-state index >= 15 is 0 Å². The lowest BCUT2D eigenvalue weighted by molar-refractivity contribution is -0.384. The molecule has 7 nitrogen and oxygen atoms in total. The van der Waals surface area contributed by atoms with Crippen molar-refractivity contribution in [3.8, 4) is 11.8 Å². The molecular formula is C23H15BrN2O5. The van der Waals surface area contributed by atoms with Gasteiger partial charge < -0.3 is 9.84 Å². The summed E-state index contributed by atoms with van der Waals surface area (Å²) in [7, 11) is 0. The standard InChI is InChI=1S/C23H15BrN2O5/c24-21-12-15(10-19(13-25)17-5-7-18(8-6-17)23(27)28)4-9-22(21)31-14-16-2-1-3-20(11-16)26(29)30/h1-12H,14H2,(H,27,28). The zero-order valence-electron chi connectivity index (χ0n) is 16.0. The van der Waals surface area contributed by atoms with Crippen LogP contribution < -0.4 is 4.74 Å². The van der Waals surface area contributed by atoms with Crippen LogP contribution in [0.15, 0.2) is 71.2 Å². The van der Waals surface area contributed by atoms with Crippen molar-refractivity contribution in [2.24, 2.45) is 0 Å². The van der Waals surface area contributed by atoms with Crippen LogP contribution in [0.3, 0.4) is 0 Å². The summed E-state index contributed by atoms with van der Waals surface area (Å²) in [5.74, 6) is -0.480. The van der Waals surface area contributed by atoms with Gasteiger partial charge in [-0.05, 0) is 63.0 Å². The Hall–Kier alpha value is -3.96. The number of nitro benzene ring substituents is 1. The summed E-state index contributed by atoms with van der Waals surface area (Å²) in [4.78, 5) is 21.4. The molecular weight excluding hydrogens is 464 g/mol. The number of benzene rings is 3. The largest absolute Gasteiger partial charge is 0.488 e. The zero-order chi connectivity index (χ0) is 22.4. The minimum Gasteiger partial charge on any atom is -0.488 e. The average molecular weight is 479 g/mol. The molecule has 0 radical (unpaired) electrons. The molecule has 0 bridgehead atoms. The van der Waals surface area contributed by atoms with Crippen LogP contribution in [0.4, 0.5) is 5.69 Å². The Morgan fingerprint density at radius 3 is 2.45 bits per heavy atom. The van der Waals surface area contributed by atoms with E-state index < -0.39 is 10.9 Å². The van der Waals surface area contributed by atoms with E-state index in [2.05, 4.69) is 22.0 Å². The van der Waals surface area contributed by atoms with E-state index in [1.807, 2.05) is 0 Å². The third kappa shape index (κ3) is 5.56. The van der Waals surface area contributed by atoms with E-state index in [4.69, 9.17) is 9.84 Å². The number of nitro groups is 1. The molecule has 0 fully saturated rings. The van der Waals surface area contributed by atoms with Crippen molar-refractivity contribution < 1.29 is 19.6 Å². The molecule has 8 heteroatoms. The van der Waals surface area contributed by atoms with Crippen molar-refractivity contribution in [2.75, 3.05) is 0 Å². The molecule has 3 aromatic rings. The molecule has 0 aliphatic carbocycles. The number of carboxylic acids is 1. The lowest BCUT2D eigenvalue weighted by atomic mass is 10.0. The van der Waals surface area contributed by atoms with Crippen LogP contribution in [-0.4, -0.2) is 16.0 Å². The maximum absolute atomic E-state index is 11.0. The minimum atomic E-state index is -1.03. The van der Waals surface area contributed by atoms with Gasteiger partial charge in [0.1, 0.15) is 12.4 Å². The van der Waals surface area contributed by atoms with E-state index in [1.54, 1.807) is 48.5 Å². The average Bonchev–Trinajstić information content (AvgIpc) is 2.77. The normalized spacial score (nSPS) is 10.9. The molecule has 3 rings (SSSR count). The Kier molecular flexibility index (Phi) is 6.80. The topological polar surface area (TPSA) is 113 Å². The maximum atomic E-state index is 11.0. The Bertz CT molecular complexity index is 1210. The Morgan fingerprint density at radius 2 is 1.84 bits per heavy atom. The highest BCUT2D eigenvalue weighted by molar-refractivity contribution is 9.10. The number of hydrogen-bond acceptors (Lipinski definition) is 5. The van der Waals surface area contributed by atoms with Crippen molar-refractivity contribution in [3.63, 3.8) is 0 Å². The maximum Gasteiger partial charge on any atom is 0.335 e. The van der Waals surface area contributed by atoms with Crippen LogP contribution >= 0.6 is 15.9 Å². The molecule has 0 saturated heterocycles. The molecule has 1 N–H and O–H groups in total. The first-order valence-electron chi connectivity index (χ1n) is 8.98. The fourth-order valence-electron chi connectivity index (χ4n) is 2.78. The number of carbonyl (C=O) groups is 1. The second kappa shape index (κ2) is 9.69. The Labute approximate surface area is 186 Å². The van der Waals surface area contributed by atoms with Crippen molar-refractivity contribution in [1.29, 1.82) is 5.26 Å². The van der Waals surface area contributed by atoms with Crippen LogP contribution in [0, 0.1) is 21.4 Å². The lowest BCUT2D eigenvalue weighted by Crippen LogP contribution is -1.97. The number of hydrogen-bond donors (Lipinski definition) is 1. The molecule has 0 amide bonds. The molecule has 0 aliphatic heterocycles. The number of aromatic carboxylic acids is 1. The summed E-state index contributed by atoms with van der Waals surface area (Å²) in [6.07, 6.45) is 1.69. The third-order valence-corrected chi connectivity index (χ3v) is 4.97. The second-order valence-electron chi connectivity index (χ2n) is 6.46. The van der Waals surface area contributed by atoms with Gasteiger partial charge in [-0.3, -0.25) is 10.1 Å². The van der Waals surface area contributed by atoms with E-state index in [-0.39, 0.29) is 17.9 Å². The molecule has 0 saturated carbocycles. The second-order valence-corrected chi connectivity index (χ2v) is 7.31. The molecule has 154 valence electrons. The van der Waals surface area contributed by atoms with Crippen LogP contribution in [0.25, 0.3) is 11.6 Å².